The largest absolute Gasteiger partial charge is 0.306 e. The molecule has 0 bridgehead atoms. The molecule has 3 rings (SSSR count). The molecular formula is C17H17F2NS. The van der Waals surface area contributed by atoms with Crippen molar-refractivity contribution in [3.05, 3.63) is 64.7 Å². The summed E-state index contributed by atoms with van der Waals surface area (Å²) in [4.78, 5) is 1.15. The molecule has 0 aliphatic carbocycles. The number of thioether (sulfide) groups is 1. The van der Waals surface area contributed by atoms with E-state index < -0.39 is 0 Å². The van der Waals surface area contributed by atoms with Gasteiger partial charge in [-0.1, -0.05) is 6.07 Å². The van der Waals surface area contributed by atoms with Crippen LogP contribution in [0.4, 0.5) is 8.78 Å². The van der Waals surface area contributed by atoms with Crippen LogP contribution in [0.15, 0.2) is 41.3 Å². The van der Waals surface area contributed by atoms with Crippen molar-refractivity contribution in [2.75, 3.05) is 5.75 Å². The van der Waals surface area contributed by atoms with Crippen molar-refractivity contribution in [1.29, 1.82) is 0 Å². The van der Waals surface area contributed by atoms with E-state index in [2.05, 4.69) is 5.32 Å². The predicted octanol–water partition coefficient (Wildman–Crippen LogP) is 4.60. The minimum absolute atomic E-state index is 0.154. The van der Waals surface area contributed by atoms with Gasteiger partial charge in [0, 0.05) is 17.5 Å². The Balaban J connectivity index is 1.76. The second-order valence-corrected chi connectivity index (χ2v) is 6.46. The van der Waals surface area contributed by atoms with Crippen molar-refractivity contribution in [2.24, 2.45) is 0 Å². The lowest BCUT2D eigenvalue weighted by Gasteiger charge is -2.26. The summed E-state index contributed by atoms with van der Waals surface area (Å²) in [6.45, 7) is 2.57. The molecule has 0 aromatic heterocycles. The summed E-state index contributed by atoms with van der Waals surface area (Å²) in [6.07, 6.45) is 0.974. The third kappa shape index (κ3) is 3.27. The lowest BCUT2D eigenvalue weighted by molar-refractivity contribution is 0.503. The fourth-order valence-electron chi connectivity index (χ4n) is 2.67. The Morgan fingerprint density at radius 2 is 1.90 bits per heavy atom. The fraction of sp³-hybridized carbons (Fsp3) is 0.294. The first-order valence-corrected chi connectivity index (χ1v) is 8.03. The molecule has 0 fully saturated rings. The minimum Gasteiger partial charge on any atom is -0.306 e. The first kappa shape index (κ1) is 14.5. The molecule has 21 heavy (non-hydrogen) atoms. The Hall–Kier alpha value is -1.39. The highest BCUT2D eigenvalue weighted by molar-refractivity contribution is 7.99. The minimum atomic E-state index is -0.210. The van der Waals surface area contributed by atoms with Crippen LogP contribution in [0.2, 0.25) is 0 Å². The summed E-state index contributed by atoms with van der Waals surface area (Å²) in [6, 6.07) is 9.97. The second-order valence-electron chi connectivity index (χ2n) is 5.32. The molecule has 110 valence electrons. The van der Waals surface area contributed by atoms with E-state index in [1.807, 2.05) is 19.1 Å². The number of fused-ring (bicyclic) bond motifs is 1. The number of aryl methyl sites for hydroxylation is 1. The van der Waals surface area contributed by atoms with Gasteiger partial charge in [-0.25, -0.2) is 8.78 Å². The summed E-state index contributed by atoms with van der Waals surface area (Å²) in [5.74, 6) is 0.623. The van der Waals surface area contributed by atoms with Gasteiger partial charge in [-0.15, -0.1) is 11.8 Å². The van der Waals surface area contributed by atoms with Gasteiger partial charge in [0.05, 0.1) is 0 Å². The molecule has 0 saturated heterocycles. The molecule has 1 aliphatic rings. The van der Waals surface area contributed by atoms with Gasteiger partial charge >= 0.3 is 0 Å². The van der Waals surface area contributed by atoms with E-state index in [1.54, 1.807) is 23.9 Å². The van der Waals surface area contributed by atoms with Crippen molar-refractivity contribution >= 4 is 11.8 Å². The zero-order valence-electron chi connectivity index (χ0n) is 11.8. The van der Waals surface area contributed by atoms with E-state index >= 15 is 0 Å². The zero-order valence-corrected chi connectivity index (χ0v) is 12.6. The Bertz CT molecular complexity index is 657. The van der Waals surface area contributed by atoms with E-state index in [9.17, 15) is 8.78 Å². The van der Waals surface area contributed by atoms with Gasteiger partial charge in [0.25, 0.3) is 0 Å². The van der Waals surface area contributed by atoms with E-state index in [0.717, 1.165) is 33.8 Å². The van der Waals surface area contributed by atoms with E-state index in [0.29, 0.717) is 6.54 Å². The number of rotatable bonds is 3. The van der Waals surface area contributed by atoms with Crippen LogP contribution in [-0.2, 0) is 6.54 Å². The molecule has 2 aromatic carbocycles. The molecule has 0 amide bonds. The van der Waals surface area contributed by atoms with Crippen molar-refractivity contribution < 1.29 is 8.78 Å². The zero-order chi connectivity index (χ0) is 14.8. The Kier molecular flexibility index (Phi) is 4.27. The van der Waals surface area contributed by atoms with Crippen LogP contribution in [-0.4, -0.2) is 5.75 Å². The average molecular weight is 305 g/mol. The molecule has 1 N–H and O–H groups in total. The first-order valence-electron chi connectivity index (χ1n) is 7.04. The van der Waals surface area contributed by atoms with Crippen LogP contribution in [0.25, 0.3) is 0 Å². The van der Waals surface area contributed by atoms with Crippen LogP contribution < -0.4 is 5.32 Å². The molecule has 0 spiro atoms. The molecule has 1 atom stereocenters. The summed E-state index contributed by atoms with van der Waals surface area (Å²) in [7, 11) is 0. The van der Waals surface area contributed by atoms with Crippen LogP contribution >= 0.6 is 11.8 Å². The van der Waals surface area contributed by atoms with Gasteiger partial charge in [0.2, 0.25) is 0 Å². The lowest BCUT2D eigenvalue weighted by Crippen LogP contribution is -2.24. The van der Waals surface area contributed by atoms with Crippen LogP contribution in [0.5, 0.6) is 0 Å². The second kappa shape index (κ2) is 6.16. The van der Waals surface area contributed by atoms with E-state index in [4.69, 9.17) is 0 Å². The summed E-state index contributed by atoms with van der Waals surface area (Å²) in [5.41, 5.74) is 3.05. The van der Waals surface area contributed by atoms with Gasteiger partial charge in [-0.05, 0) is 66.1 Å². The summed E-state index contributed by atoms with van der Waals surface area (Å²) < 4.78 is 26.6. The molecule has 1 aliphatic heterocycles. The Labute approximate surface area is 127 Å². The van der Waals surface area contributed by atoms with Crippen molar-refractivity contribution in [1.82, 2.24) is 5.32 Å². The molecule has 1 heterocycles. The number of hydrogen-bond donors (Lipinski definition) is 1. The maximum atomic E-state index is 13.5. The third-order valence-corrected chi connectivity index (χ3v) is 4.98. The van der Waals surface area contributed by atoms with E-state index in [-0.39, 0.29) is 17.7 Å². The first-order chi connectivity index (χ1) is 10.1. The van der Waals surface area contributed by atoms with Crippen molar-refractivity contribution in [3.63, 3.8) is 0 Å². The molecule has 0 saturated carbocycles. The molecule has 4 heteroatoms. The molecule has 1 nitrogen and oxygen atoms in total. The van der Waals surface area contributed by atoms with Crippen LogP contribution in [0.3, 0.4) is 0 Å². The standard InChI is InChI=1S/C17H17F2NS/c1-11-8-13(18)3-2-12(11)10-20-16-6-7-21-17-5-4-14(19)9-15(16)17/h2-5,8-9,16,20H,6-7,10H2,1H3. The molecule has 1 unspecified atom stereocenters. The SMILES string of the molecule is Cc1cc(F)ccc1CNC1CCSc2ccc(F)cc21. The van der Waals surface area contributed by atoms with Crippen LogP contribution in [0, 0.1) is 18.6 Å². The highest BCUT2D eigenvalue weighted by Crippen LogP contribution is 2.36. The lowest BCUT2D eigenvalue weighted by atomic mass is 10.0. The number of halogens is 2. The molecule has 2 aromatic rings. The smallest absolute Gasteiger partial charge is 0.123 e. The normalized spacial score (nSPS) is 17.6. The Morgan fingerprint density at radius 3 is 2.71 bits per heavy atom. The highest BCUT2D eigenvalue weighted by atomic mass is 32.2. The summed E-state index contributed by atoms with van der Waals surface area (Å²) in [5, 5.41) is 3.48. The topological polar surface area (TPSA) is 12.0 Å². The number of nitrogens with one attached hydrogen (secondary N) is 1. The highest BCUT2D eigenvalue weighted by Gasteiger charge is 2.21. The quantitative estimate of drug-likeness (QED) is 0.889. The third-order valence-electron chi connectivity index (χ3n) is 3.85. The van der Waals surface area contributed by atoms with Gasteiger partial charge < -0.3 is 5.32 Å². The van der Waals surface area contributed by atoms with Gasteiger partial charge in [-0.3, -0.25) is 0 Å². The Morgan fingerprint density at radius 1 is 1.14 bits per heavy atom. The predicted molar refractivity (Wildman–Crippen MR) is 82.5 cm³/mol. The van der Waals surface area contributed by atoms with E-state index in [1.165, 1.54) is 12.1 Å². The van der Waals surface area contributed by atoms with Gasteiger partial charge in [0.15, 0.2) is 0 Å². The number of hydrogen-bond acceptors (Lipinski definition) is 2. The maximum Gasteiger partial charge on any atom is 0.123 e. The number of benzene rings is 2. The monoisotopic (exact) mass is 305 g/mol. The van der Waals surface area contributed by atoms with Gasteiger partial charge in [-0.2, -0.15) is 0 Å². The molecule has 0 radical (unpaired) electrons. The molecular weight excluding hydrogens is 288 g/mol. The fourth-order valence-corrected chi connectivity index (χ4v) is 3.77. The van der Waals surface area contributed by atoms with Gasteiger partial charge in [0.1, 0.15) is 11.6 Å². The van der Waals surface area contributed by atoms with Crippen LogP contribution in [0.1, 0.15) is 29.2 Å². The summed E-state index contributed by atoms with van der Waals surface area (Å²) >= 11 is 1.77. The average Bonchev–Trinajstić information content (AvgIpc) is 2.46. The maximum absolute atomic E-state index is 13.5. The van der Waals surface area contributed by atoms with Crippen molar-refractivity contribution in [3.8, 4) is 0 Å². The van der Waals surface area contributed by atoms with Crippen molar-refractivity contribution in [2.45, 2.75) is 30.8 Å².